The highest BCUT2D eigenvalue weighted by Gasteiger charge is 2.21. The summed E-state index contributed by atoms with van der Waals surface area (Å²) in [5.41, 5.74) is 0.850. The molecule has 0 aromatic carbocycles. The number of aromatic nitrogens is 2. The molecule has 1 fully saturated rings. The molecular formula is C15H23N3O3. The van der Waals surface area contributed by atoms with E-state index in [9.17, 15) is 14.7 Å². The summed E-state index contributed by atoms with van der Waals surface area (Å²) in [6.45, 7) is 4.89. The summed E-state index contributed by atoms with van der Waals surface area (Å²) < 4.78 is 0. The van der Waals surface area contributed by atoms with E-state index in [4.69, 9.17) is 0 Å². The number of likely N-dealkylation sites (tertiary alicyclic amines) is 1. The van der Waals surface area contributed by atoms with Crippen molar-refractivity contribution in [2.24, 2.45) is 0 Å². The van der Waals surface area contributed by atoms with Crippen molar-refractivity contribution in [3.05, 3.63) is 27.4 Å². The fraction of sp³-hybridized carbons (Fsp3) is 0.667. The Morgan fingerprint density at radius 3 is 2.86 bits per heavy atom. The van der Waals surface area contributed by atoms with Crippen LogP contribution in [-0.2, 0) is 17.6 Å². The van der Waals surface area contributed by atoms with Crippen molar-refractivity contribution in [3.8, 4) is 0 Å². The van der Waals surface area contributed by atoms with Gasteiger partial charge < -0.3 is 15.0 Å². The fourth-order valence-electron chi connectivity index (χ4n) is 2.64. The molecule has 1 atom stereocenters. The van der Waals surface area contributed by atoms with E-state index >= 15 is 0 Å². The van der Waals surface area contributed by atoms with Crippen molar-refractivity contribution < 1.29 is 9.90 Å². The molecule has 1 aliphatic rings. The highest BCUT2D eigenvalue weighted by atomic mass is 16.3. The van der Waals surface area contributed by atoms with Crippen LogP contribution in [0.25, 0.3) is 0 Å². The van der Waals surface area contributed by atoms with E-state index in [2.05, 4.69) is 9.97 Å². The van der Waals surface area contributed by atoms with Gasteiger partial charge in [-0.3, -0.25) is 9.59 Å². The van der Waals surface area contributed by atoms with Crippen LogP contribution in [0, 0.1) is 6.92 Å². The maximum atomic E-state index is 12.3. The van der Waals surface area contributed by atoms with E-state index in [-0.39, 0.29) is 24.0 Å². The summed E-state index contributed by atoms with van der Waals surface area (Å²) in [7, 11) is 0. The largest absolute Gasteiger partial charge is 0.393 e. The summed E-state index contributed by atoms with van der Waals surface area (Å²) in [5.74, 6) is 0.579. The van der Waals surface area contributed by atoms with Gasteiger partial charge in [0.1, 0.15) is 5.82 Å². The van der Waals surface area contributed by atoms with Gasteiger partial charge in [0.2, 0.25) is 5.91 Å². The highest BCUT2D eigenvalue weighted by molar-refractivity contribution is 5.78. The lowest BCUT2D eigenvalue weighted by atomic mass is 10.1. The number of aromatic amines is 1. The molecule has 0 spiro atoms. The van der Waals surface area contributed by atoms with Crippen molar-refractivity contribution in [2.75, 3.05) is 13.1 Å². The molecule has 0 saturated carbocycles. The number of H-pyrrole nitrogens is 1. The lowest BCUT2D eigenvalue weighted by molar-refractivity contribution is -0.130. The van der Waals surface area contributed by atoms with Gasteiger partial charge in [0, 0.05) is 30.8 Å². The van der Waals surface area contributed by atoms with E-state index in [0.717, 1.165) is 12.8 Å². The SMILES string of the molecule is CCc1nc(C)c(CC(=O)N2CCC[C@H](O)CC2)c(=O)[nH]1. The van der Waals surface area contributed by atoms with Gasteiger partial charge in [-0.25, -0.2) is 4.98 Å². The van der Waals surface area contributed by atoms with Gasteiger partial charge in [-0.15, -0.1) is 0 Å². The van der Waals surface area contributed by atoms with Gasteiger partial charge in [0.05, 0.1) is 12.5 Å². The number of hydrogen-bond donors (Lipinski definition) is 2. The molecule has 116 valence electrons. The summed E-state index contributed by atoms with van der Waals surface area (Å²) in [5, 5.41) is 9.62. The molecule has 1 aromatic rings. The maximum absolute atomic E-state index is 12.3. The molecule has 6 heteroatoms. The van der Waals surface area contributed by atoms with Crippen LogP contribution in [0.2, 0.25) is 0 Å². The molecule has 2 heterocycles. The van der Waals surface area contributed by atoms with Crippen LogP contribution < -0.4 is 5.56 Å². The molecular weight excluding hydrogens is 270 g/mol. The minimum Gasteiger partial charge on any atom is -0.393 e. The van der Waals surface area contributed by atoms with E-state index in [0.29, 0.717) is 43.0 Å². The minimum absolute atomic E-state index is 0.0660. The zero-order valence-electron chi connectivity index (χ0n) is 12.7. The van der Waals surface area contributed by atoms with Gasteiger partial charge in [-0.05, 0) is 26.2 Å². The van der Waals surface area contributed by atoms with E-state index in [1.807, 2.05) is 6.92 Å². The first-order valence-corrected chi connectivity index (χ1v) is 7.55. The molecule has 21 heavy (non-hydrogen) atoms. The standard InChI is InChI=1S/C15H23N3O3/c1-3-13-16-10(2)12(15(21)17-13)9-14(20)18-7-4-5-11(19)6-8-18/h11,19H,3-9H2,1-2H3,(H,16,17,21)/t11-/m0/s1. The monoisotopic (exact) mass is 293 g/mol. The average Bonchev–Trinajstić information content (AvgIpc) is 2.67. The maximum Gasteiger partial charge on any atom is 0.254 e. The Labute approximate surface area is 124 Å². The van der Waals surface area contributed by atoms with Crippen LogP contribution in [0.3, 0.4) is 0 Å². The van der Waals surface area contributed by atoms with Gasteiger partial charge in [0.15, 0.2) is 0 Å². The zero-order chi connectivity index (χ0) is 15.4. The van der Waals surface area contributed by atoms with Gasteiger partial charge in [-0.2, -0.15) is 0 Å². The van der Waals surface area contributed by atoms with Crippen LogP contribution in [0.4, 0.5) is 0 Å². The van der Waals surface area contributed by atoms with Crippen LogP contribution >= 0.6 is 0 Å². The second-order valence-corrected chi connectivity index (χ2v) is 5.57. The number of carbonyl (C=O) groups excluding carboxylic acids is 1. The molecule has 0 unspecified atom stereocenters. The van der Waals surface area contributed by atoms with E-state index in [1.54, 1.807) is 11.8 Å². The van der Waals surface area contributed by atoms with Gasteiger partial charge in [-0.1, -0.05) is 6.92 Å². The predicted molar refractivity (Wildman–Crippen MR) is 79.1 cm³/mol. The fourth-order valence-corrected chi connectivity index (χ4v) is 2.64. The third kappa shape index (κ3) is 3.91. The predicted octanol–water partition coefficient (Wildman–Crippen LogP) is 0.557. The first-order chi connectivity index (χ1) is 10.0. The molecule has 2 rings (SSSR count). The number of amides is 1. The number of carbonyl (C=O) groups is 1. The molecule has 1 aromatic heterocycles. The van der Waals surface area contributed by atoms with Crippen molar-refractivity contribution >= 4 is 5.91 Å². The van der Waals surface area contributed by atoms with Gasteiger partial charge >= 0.3 is 0 Å². The number of rotatable bonds is 3. The lowest BCUT2D eigenvalue weighted by Gasteiger charge is -2.20. The van der Waals surface area contributed by atoms with E-state index in [1.165, 1.54) is 0 Å². The number of aliphatic hydroxyl groups excluding tert-OH is 1. The first kappa shape index (κ1) is 15.7. The highest BCUT2D eigenvalue weighted by Crippen LogP contribution is 2.12. The second kappa shape index (κ2) is 6.85. The molecule has 0 bridgehead atoms. The second-order valence-electron chi connectivity index (χ2n) is 5.57. The van der Waals surface area contributed by atoms with Crippen LogP contribution in [0.5, 0.6) is 0 Å². The summed E-state index contributed by atoms with van der Waals surface area (Å²) in [6.07, 6.45) is 2.56. The van der Waals surface area contributed by atoms with Crippen molar-refractivity contribution in [2.45, 2.75) is 52.1 Å². The molecule has 0 radical (unpaired) electrons. The quantitative estimate of drug-likeness (QED) is 0.852. The average molecular weight is 293 g/mol. The molecule has 1 saturated heterocycles. The Morgan fingerprint density at radius 1 is 1.43 bits per heavy atom. The van der Waals surface area contributed by atoms with Crippen molar-refractivity contribution in [1.82, 2.24) is 14.9 Å². The number of nitrogens with one attached hydrogen (secondary N) is 1. The Balaban J connectivity index is 2.11. The summed E-state index contributed by atoms with van der Waals surface area (Å²) in [6, 6.07) is 0. The summed E-state index contributed by atoms with van der Waals surface area (Å²) in [4.78, 5) is 33.2. The number of hydrogen-bond acceptors (Lipinski definition) is 4. The Hall–Kier alpha value is -1.69. The molecule has 0 aliphatic carbocycles. The van der Waals surface area contributed by atoms with Crippen molar-refractivity contribution in [1.29, 1.82) is 0 Å². The third-order valence-corrected chi connectivity index (χ3v) is 3.98. The lowest BCUT2D eigenvalue weighted by Crippen LogP contribution is -2.35. The van der Waals surface area contributed by atoms with Crippen LogP contribution in [-0.4, -0.2) is 45.1 Å². The Kier molecular flexibility index (Phi) is 5.12. The zero-order valence-corrected chi connectivity index (χ0v) is 12.7. The van der Waals surface area contributed by atoms with Crippen molar-refractivity contribution in [3.63, 3.8) is 0 Å². The van der Waals surface area contributed by atoms with Crippen LogP contribution in [0.15, 0.2) is 4.79 Å². The number of aryl methyl sites for hydroxylation is 2. The Bertz CT molecular complexity index is 568. The molecule has 1 amide bonds. The number of nitrogens with zero attached hydrogens (tertiary/aromatic N) is 2. The van der Waals surface area contributed by atoms with Gasteiger partial charge in [0.25, 0.3) is 5.56 Å². The summed E-state index contributed by atoms with van der Waals surface area (Å²) >= 11 is 0. The van der Waals surface area contributed by atoms with Crippen LogP contribution in [0.1, 0.15) is 43.3 Å². The molecule has 1 aliphatic heterocycles. The smallest absolute Gasteiger partial charge is 0.254 e. The van der Waals surface area contributed by atoms with E-state index < -0.39 is 0 Å². The third-order valence-electron chi connectivity index (χ3n) is 3.98. The number of aliphatic hydroxyl groups is 1. The first-order valence-electron chi connectivity index (χ1n) is 7.55. The minimum atomic E-state index is -0.321. The topological polar surface area (TPSA) is 86.3 Å². The normalized spacial score (nSPS) is 19.4. The Morgan fingerprint density at radius 2 is 2.19 bits per heavy atom. The molecule has 2 N–H and O–H groups in total. The molecule has 6 nitrogen and oxygen atoms in total.